The van der Waals surface area contributed by atoms with Gasteiger partial charge < -0.3 is 18.6 Å². The Morgan fingerprint density at radius 2 is 1.94 bits per heavy atom. The molecule has 0 aliphatic carbocycles. The van der Waals surface area contributed by atoms with Crippen LogP contribution in [0.25, 0.3) is 38.6 Å². The van der Waals surface area contributed by atoms with Crippen molar-refractivity contribution >= 4 is 38.9 Å². The number of furan rings is 1. The smallest absolute Gasteiger partial charge is 0.294 e. The van der Waals surface area contributed by atoms with E-state index in [-0.39, 0.29) is 6.61 Å². The molecule has 0 atom stereocenters. The number of nitrogens with zero attached hydrogens (tertiary/aromatic N) is 5. The highest BCUT2D eigenvalue weighted by Crippen LogP contribution is 2.37. The van der Waals surface area contributed by atoms with E-state index >= 15 is 0 Å². The minimum atomic E-state index is 0.252. The number of benzene rings is 1. The predicted molar refractivity (Wildman–Crippen MR) is 136 cm³/mol. The van der Waals surface area contributed by atoms with Gasteiger partial charge in [0.1, 0.15) is 34.5 Å². The molecule has 1 aromatic carbocycles. The van der Waals surface area contributed by atoms with Crippen LogP contribution in [0.1, 0.15) is 5.69 Å². The van der Waals surface area contributed by atoms with Gasteiger partial charge >= 0.3 is 0 Å². The van der Waals surface area contributed by atoms with E-state index in [2.05, 4.69) is 15.1 Å². The third-order valence-electron chi connectivity index (χ3n) is 5.47. The maximum atomic E-state index is 6.19. The van der Waals surface area contributed by atoms with E-state index in [0.29, 0.717) is 43.8 Å². The zero-order valence-corrected chi connectivity index (χ0v) is 20.7. The van der Waals surface area contributed by atoms with Crippen molar-refractivity contribution in [3.8, 4) is 39.4 Å². The number of hydrogen-bond acceptors (Lipinski definition) is 9. The first-order valence-electron chi connectivity index (χ1n) is 10.8. The van der Waals surface area contributed by atoms with Gasteiger partial charge in [0.15, 0.2) is 5.76 Å². The standard InChI is InChI=1S/C25H18ClN5O4S/c1-32-16-8-20(34-13-15-4-3-5-18(28-15)14-6-7-23(26)27-11-14)17-10-22(35-21(17)9-16)19-12-31-24(29-19)36-25(30-31)33-2/h3-12H,13H2,1-2H3. The Hall–Kier alpha value is -4.15. The highest BCUT2D eigenvalue weighted by Gasteiger charge is 2.17. The molecule has 6 aromatic rings. The van der Waals surface area contributed by atoms with Gasteiger partial charge in [0.05, 0.1) is 37.2 Å². The molecule has 11 heteroatoms. The van der Waals surface area contributed by atoms with Crippen LogP contribution in [0, 0.1) is 0 Å². The summed E-state index contributed by atoms with van der Waals surface area (Å²) in [6.45, 7) is 0.252. The van der Waals surface area contributed by atoms with Crippen molar-refractivity contribution in [1.82, 2.24) is 24.6 Å². The molecule has 36 heavy (non-hydrogen) atoms. The summed E-state index contributed by atoms with van der Waals surface area (Å²) in [6.07, 6.45) is 3.49. The SMILES string of the molecule is COc1cc(OCc2cccc(-c3ccc(Cl)nc3)n2)c2cc(-c3cn4nc(OC)sc4n3)oc2c1. The van der Waals surface area contributed by atoms with Crippen LogP contribution in [-0.4, -0.2) is 38.8 Å². The molecule has 0 aliphatic rings. The van der Waals surface area contributed by atoms with Crippen LogP contribution in [0.15, 0.2) is 65.3 Å². The van der Waals surface area contributed by atoms with Crippen LogP contribution in [0.5, 0.6) is 16.7 Å². The molecule has 0 N–H and O–H groups in total. The van der Waals surface area contributed by atoms with Gasteiger partial charge in [0.2, 0.25) is 4.96 Å². The average molecular weight is 520 g/mol. The van der Waals surface area contributed by atoms with E-state index in [1.165, 1.54) is 11.3 Å². The number of imidazole rings is 1. The Bertz CT molecular complexity index is 1660. The molecule has 0 amide bonds. The van der Waals surface area contributed by atoms with Crippen LogP contribution in [0.2, 0.25) is 5.15 Å². The summed E-state index contributed by atoms with van der Waals surface area (Å²) in [7, 11) is 3.18. The molecule has 0 fully saturated rings. The van der Waals surface area contributed by atoms with Crippen molar-refractivity contribution in [1.29, 1.82) is 0 Å². The second-order valence-electron chi connectivity index (χ2n) is 7.75. The first-order valence-corrected chi connectivity index (χ1v) is 12.0. The summed E-state index contributed by atoms with van der Waals surface area (Å²) < 4.78 is 24.6. The molecule has 6 rings (SSSR count). The molecule has 9 nitrogen and oxygen atoms in total. The quantitative estimate of drug-likeness (QED) is 0.240. The molecular weight excluding hydrogens is 502 g/mol. The van der Waals surface area contributed by atoms with E-state index in [9.17, 15) is 0 Å². The van der Waals surface area contributed by atoms with Crippen molar-refractivity contribution in [2.75, 3.05) is 14.2 Å². The zero-order valence-electron chi connectivity index (χ0n) is 19.1. The van der Waals surface area contributed by atoms with Crippen molar-refractivity contribution in [3.05, 3.63) is 71.8 Å². The molecule has 180 valence electrons. The minimum absolute atomic E-state index is 0.252. The number of rotatable bonds is 7. The van der Waals surface area contributed by atoms with E-state index < -0.39 is 0 Å². The molecule has 0 aliphatic heterocycles. The molecule has 0 saturated heterocycles. The summed E-state index contributed by atoms with van der Waals surface area (Å²) in [5, 5.41) is 6.09. The normalized spacial score (nSPS) is 11.3. The highest BCUT2D eigenvalue weighted by molar-refractivity contribution is 7.18. The Kier molecular flexibility index (Phi) is 5.67. The van der Waals surface area contributed by atoms with Gasteiger partial charge in [-0.25, -0.2) is 19.5 Å². The van der Waals surface area contributed by atoms with Gasteiger partial charge in [0, 0.05) is 23.9 Å². The summed E-state index contributed by atoms with van der Waals surface area (Å²) in [4.78, 5) is 14.1. The van der Waals surface area contributed by atoms with Crippen molar-refractivity contribution in [2.45, 2.75) is 6.61 Å². The topological polar surface area (TPSA) is 96.8 Å². The predicted octanol–water partition coefficient (Wildman–Crippen LogP) is 5.91. The summed E-state index contributed by atoms with van der Waals surface area (Å²) in [5.41, 5.74) is 3.69. The Morgan fingerprint density at radius 3 is 2.72 bits per heavy atom. The van der Waals surface area contributed by atoms with Gasteiger partial charge in [0.25, 0.3) is 5.19 Å². The first kappa shape index (κ1) is 22.3. The Morgan fingerprint density at radius 1 is 1.03 bits per heavy atom. The first-order chi connectivity index (χ1) is 17.6. The molecule has 0 unspecified atom stereocenters. The lowest BCUT2D eigenvalue weighted by Gasteiger charge is -2.10. The number of methoxy groups -OCH3 is 2. The molecule has 5 heterocycles. The second kappa shape index (κ2) is 9.14. The fraction of sp³-hybridized carbons (Fsp3) is 0.120. The van der Waals surface area contributed by atoms with Crippen molar-refractivity contribution in [3.63, 3.8) is 0 Å². The van der Waals surface area contributed by atoms with Crippen LogP contribution >= 0.6 is 22.9 Å². The van der Waals surface area contributed by atoms with E-state index in [4.69, 9.17) is 35.2 Å². The van der Waals surface area contributed by atoms with Gasteiger partial charge in [-0.15, -0.1) is 5.10 Å². The monoisotopic (exact) mass is 519 g/mol. The van der Waals surface area contributed by atoms with E-state index in [1.54, 1.807) is 37.2 Å². The van der Waals surface area contributed by atoms with Crippen LogP contribution in [0.4, 0.5) is 0 Å². The van der Waals surface area contributed by atoms with Crippen LogP contribution < -0.4 is 14.2 Å². The van der Waals surface area contributed by atoms with Crippen LogP contribution in [0.3, 0.4) is 0 Å². The average Bonchev–Trinajstić information content (AvgIpc) is 3.60. The molecular formula is C25H18ClN5O4S. The lowest BCUT2D eigenvalue weighted by molar-refractivity contribution is 0.303. The number of aromatic nitrogens is 5. The maximum absolute atomic E-state index is 6.19. The lowest BCUT2D eigenvalue weighted by atomic mass is 10.2. The fourth-order valence-corrected chi connectivity index (χ4v) is 4.54. The minimum Gasteiger partial charge on any atom is -0.496 e. The third-order valence-corrected chi connectivity index (χ3v) is 6.57. The Labute approximate surface area is 213 Å². The second-order valence-corrected chi connectivity index (χ2v) is 9.05. The molecule has 0 bridgehead atoms. The van der Waals surface area contributed by atoms with E-state index in [0.717, 1.165) is 22.3 Å². The summed E-state index contributed by atoms with van der Waals surface area (Å²) in [6, 6.07) is 14.9. The fourth-order valence-electron chi connectivity index (χ4n) is 3.73. The third kappa shape index (κ3) is 4.21. The number of hydrogen-bond donors (Lipinski definition) is 0. The number of halogens is 1. The molecule has 0 radical (unpaired) electrons. The van der Waals surface area contributed by atoms with Crippen molar-refractivity contribution < 1.29 is 18.6 Å². The lowest BCUT2D eigenvalue weighted by Crippen LogP contribution is -2.00. The zero-order chi connectivity index (χ0) is 24.6. The molecule has 0 spiro atoms. The number of pyridine rings is 2. The highest BCUT2D eigenvalue weighted by atomic mass is 35.5. The molecule has 5 aromatic heterocycles. The summed E-state index contributed by atoms with van der Waals surface area (Å²) in [5.74, 6) is 1.82. The summed E-state index contributed by atoms with van der Waals surface area (Å²) >= 11 is 7.26. The van der Waals surface area contributed by atoms with Gasteiger partial charge in [-0.3, -0.25) is 0 Å². The molecule has 0 saturated carbocycles. The van der Waals surface area contributed by atoms with Gasteiger partial charge in [-0.05, 0) is 41.7 Å². The van der Waals surface area contributed by atoms with Crippen molar-refractivity contribution in [2.24, 2.45) is 0 Å². The maximum Gasteiger partial charge on any atom is 0.294 e. The van der Waals surface area contributed by atoms with Gasteiger partial charge in [-0.2, -0.15) is 0 Å². The van der Waals surface area contributed by atoms with Crippen LogP contribution in [-0.2, 0) is 6.61 Å². The number of ether oxygens (including phenoxy) is 3. The number of fused-ring (bicyclic) bond motifs is 2. The van der Waals surface area contributed by atoms with E-state index in [1.807, 2.05) is 42.5 Å². The largest absolute Gasteiger partial charge is 0.496 e. The van der Waals surface area contributed by atoms with Gasteiger partial charge in [-0.1, -0.05) is 17.7 Å². The Balaban J connectivity index is 1.30.